The minimum Gasteiger partial charge on any atom is -0.488 e. The Morgan fingerprint density at radius 3 is 2.64 bits per heavy atom. The lowest BCUT2D eigenvalue weighted by Gasteiger charge is -2.32. The summed E-state index contributed by atoms with van der Waals surface area (Å²) in [5.74, 6) is 0.906. The van der Waals surface area contributed by atoms with Crippen LogP contribution in [0.4, 0.5) is 0 Å². The van der Waals surface area contributed by atoms with Crippen molar-refractivity contribution in [3.8, 4) is 5.75 Å². The quantitative estimate of drug-likeness (QED) is 0.835. The topological polar surface area (TPSA) is 47.9 Å². The molecule has 2 saturated heterocycles. The number of hydrogen-bond acceptors (Lipinski definition) is 4. The lowest BCUT2D eigenvalue weighted by Crippen LogP contribution is -2.29. The summed E-state index contributed by atoms with van der Waals surface area (Å²) in [5.41, 5.74) is 4.99. The van der Waals surface area contributed by atoms with Crippen LogP contribution in [-0.4, -0.2) is 36.6 Å². The fourth-order valence-electron chi connectivity index (χ4n) is 4.12. The Kier molecular flexibility index (Phi) is 6.00. The van der Waals surface area contributed by atoms with Crippen LogP contribution in [0.3, 0.4) is 0 Å². The van der Waals surface area contributed by atoms with Crippen LogP contribution in [0.1, 0.15) is 54.5 Å². The summed E-state index contributed by atoms with van der Waals surface area (Å²) in [6.07, 6.45) is 3.19. The van der Waals surface area contributed by atoms with Crippen molar-refractivity contribution in [1.82, 2.24) is 0 Å². The molecule has 2 aliphatic heterocycles. The highest BCUT2D eigenvalue weighted by molar-refractivity contribution is 5.38. The molecular weight excluding hydrogens is 352 g/mol. The van der Waals surface area contributed by atoms with E-state index in [0.29, 0.717) is 13.0 Å². The van der Waals surface area contributed by atoms with E-state index in [1.807, 2.05) is 6.92 Å². The van der Waals surface area contributed by atoms with E-state index in [0.717, 1.165) is 37.2 Å². The van der Waals surface area contributed by atoms with Crippen LogP contribution in [0.25, 0.3) is 0 Å². The third-order valence-corrected chi connectivity index (χ3v) is 5.74. The van der Waals surface area contributed by atoms with E-state index in [4.69, 9.17) is 14.2 Å². The first-order valence-corrected chi connectivity index (χ1v) is 10.3. The molecule has 2 aromatic rings. The van der Waals surface area contributed by atoms with E-state index in [1.54, 1.807) is 0 Å². The van der Waals surface area contributed by atoms with Crippen molar-refractivity contribution in [2.45, 2.75) is 63.9 Å². The van der Waals surface area contributed by atoms with Gasteiger partial charge in [0.2, 0.25) is 0 Å². The van der Waals surface area contributed by atoms with Gasteiger partial charge in [-0.1, -0.05) is 30.3 Å². The van der Waals surface area contributed by atoms with Gasteiger partial charge in [-0.3, -0.25) is 0 Å². The maximum Gasteiger partial charge on any atom is 0.124 e. The number of benzene rings is 2. The van der Waals surface area contributed by atoms with E-state index >= 15 is 0 Å². The summed E-state index contributed by atoms with van der Waals surface area (Å²) in [5, 5.41) is 10.1. The van der Waals surface area contributed by atoms with Crippen molar-refractivity contribution >= 4 is 0 Å². The summed E-state index contributed by atoms with van der Waals surface area (Å²) in [6.45, 7) is 5.66. The maximum atomic E-state index is 10.1. The highest BCUT2D eigenvalue weighted by Gasteiger charge is 2.27. The summed E-state index contributed by atoms with van der Waals surface area (Å²) in [4.78, 5) is 0. The van der Waals surface area contributed by atoms with Crippen molar-refractivity contribution in [1.29, 1.82) is 0 Å². The highest BCUT2D eigenvalue weighted by atomic mass is 16.5. The number of hydrogen-bond donors (Lipinski definition) is 1. The molecule has 0 saturated carbocycles. The Hall–Kier alpha value is -1.88. The first-order chi connectivity index (χ1) is 13.6. The van der Waals surface area contributed by atoms with Crippen molar-refractivity contribution in [3.63, 3.8) is 0 Å². The Morgan fingerprint density at radius 1 is 1.11 bits per heavy atom. The lowest BCUT2D eigenvalue weighted by molar-refractivity contribution is -0.0895. The van der Waals surface area contributed by atoms with Gasteiger partial charge in [0.1, 0.15) is 11.9 Å². The molecule has 4 nitrogen and oxygen atoms in total. The molecule has 0 bridgehead atoms. The zero-order chi connectivity index (χ0) is 19.5. The van der Waals surface area contributed by atoms with Crippen LogP contribution in [0, 0.1) is 6.92 Å². The number of aliphatic hydroxyl groups excluding tert-OH is 1. The number of rotatable bonds is 5. The smallest absolute Gasteiger partial charge is 0.124 e. The Balaban J connectivity index is 1.45. The SMILES string of the molecule is Cc1ccc([C@H]2C[C@@H](O)C[C@@H](C)O2)cc1Cc1ccc(O[C@H]2CCOC2)cc1. The molecule has 2 fully saturated rings. The number of aliphatic hydroxyl groups is 1. The summed E-state index contributed by atoms with van der Waals surface area (Å²) < 4.78 is 17.4. The van der Waals surface area contributed by atoms with Crippen molar-refractivity contribution in [2.24, 2.45) is 0 Å². The first-order valence-electron chi connectivity index (χ1n) is 10.3. The summed E-state index contributed by atoms with van der Waals surface area (Å²) >= 11 is 0. The van der Waals surface area contributed by atoms with Gasteiger partial charge in [-0.05, 0) is 61.1 Å². The largest absolute Gasteiger partial charge is 0.488 e. The van der Waals surface area contributed by atoms with Gasteiger partial charge in [0.15, 0.2) is 0 Å². The van der Waals surface area contributed by atoms with Gasteiger partial charge in [-0.25, -0.2) is 0 Å². The average Bonchev–Trinajstić information content (AvgIpc) is 3.17. The molecule has 2 aromatic carbocycles. The van der Waals surface area contributed by atoms with Gasteiger partial charge in [-0.15, -0.1) is 0 Å². The monoisotopic (exact) mass is 382 g/mol. The van der Waals surface area contributed by atoms with Gasteiger partial charge < -0.3 is 19.3 Å². The van der Waals surface area contributed by atoms with Crippen LogP contribution in [0.15, 0.2) is 42.5 Å². The van der Waals surface area contributed by atoms with Crippen LogP contribution in [0.5, 0.6) is 5.75 Å². The molecule has 1 N–H and O–H groups in total. The lowest BCUT2D eigenvalue weighted by atomic mass is 9.92. The third kappa shape index (κ3) is 4.75. The molecule has 150 valence electrons. The predicted octanol–water partition coefficient (Wildman–Crippen LogP) is 4.35. The Morgan fingerprint density at radius 2 is 1.93 bits per heavy atom. The number of ether oxygens (including phenoxy) is 3. The van der Waals surface area contributed by atoms with Crippen LogP contribution >= 0.6 is 0 Å². The standard InChI is InChI=1S/C24H30O4/c1-16-3-6-19(24-14-21(25)11-17(2)27-24)13-20(16)12-18-4-7-22(8-5-18)28-23-9-10-26-15-23/h3-8,13,17,21,23-25H,9-12,14-15H2,1-2H3/t17-,21+,23+,24-/m1/s1. The average molecular weight is 383 g/mol. The maximum absolute atomic E-state index is 10.1. The fraction of sp³-hybridized carbons (Fsp3) is 0.500. The van der Waals surface area contributed by atoms with E-state index in [2.05, 4.69) is 49.4 Å². The van der Waals surface area contributed by atoms with Gasteiger partial charge in [0.05, 0.1) is 31.5 Å². The minimum atomic E-state index is -0.281. The van der Waals surface area contributed by atoms with Crippen molar-refractivity contribution in [2.75, 3.05) is 13.2 Å². The Bertz CT molecular complexity index is 770. The van der Waals surface area contributed by atoms with E-state index in [9.17, 15) is 5.11 Å². The van der Waals surface area contributed by atoms with Gasteiger partial charge in [0.25, 0.3) is 0 Å². The van der Waals surface area contributed by atoms with Crippen molar-refractivity contribution in [3.05, 3.63) is 64.7 Å². The molecule has 4 heteroatoms. The summed E-state index contributed by atoms with van der Waals surface area (Å²) in [7, 11) is 0. The second-order valence-corrected chi connectivity index (χ2v) is 8.17. The minimum absolute atomic E-state index is 0.0255. The molecule has 4 atom stereocenters. The van der Waals surface area contributed by atoms with Gasteiger partial charge in [0, 0.05) is 12.8 Å². The molecule has 2 heterocycles. The second-order valence-electron chi connectivity index (χ2n) is 8.17. The summed E-state index contributed by atoms with van der Waals surface area (Å²) in [6, 6.07) is 14.9. The molecule has 0 amide bonds. The predicted molar refractivity (Wildman–Crippen MR) is 109 cm³/mol. The van der Waals surface area contributed by atoms with Crippen LogP contribution in [-0.2, 0) is 15.9 Å². The van der Waals surface area contributed by atoms with Gasteiger partial charge >= 0.3 is 0 Å². The van der Waals surface area contributed by atoms with E-state index in [1.165, 1.54) is 16.7 Å². The molecular formula is C24H30O4. The van der Waals surface area contributed by atoms with Gasteiger partial charge in [-0.2, -0.15) is 0 Å². The normalized spacial score (nSPS) is 27.7. The zero-order valence-corrected chi connectivity index (χ0v) is 16.8. The van der Waals surface area contributed by atoms with E-state index < -0.39 is 0 Å². The molecule has 0 spiro atoms. The molecule has 28 heavy (non-hydrogen) atoms. The third-order valence-electron chi connectivity index (χ3n) is 5.74. The molecule has 0 aliphatic carbocycles. The van der Waals surface area contributed by atoms with Crippen LogP contribution < -0.4 is 4.74 Å². The molecule has 4 rings (SSSR count). The molecule has 0 aromatic heterocycles. The number of aryl methyl sites for hydroxylation is 1. The highest BCUT2D eigenvalue weighted by Crippen LogP contribution is 2.32. The molecule has 0 unspecified atom stereocenters. The first kappa shape index (κ1) is 19.4. The Labute approximate surface area is 167 Å². The molecule has 2 aliphatic rings. The van der Waals surface area contributed by atoms with E-state index in [-0.39, 0.29) is 24.4 Å². The zero-order valence-electron chi connectivity index (χ0n) is 16.8. The fourth-order valence-corrected chi connectivity index (χ4v) is 4.12. The molecule has 0 radical (unpaired) electrons. The van der Waals surface area contributed by atoms with Crippen LogP contribution in [0.2, 0.25) is 0 Å². The second kappa shape index (κ2) is 8.64. The van der Waals surface area contributed by atoms with Crippen molar-refractivity contribution < 1.29 is 19.3 Å².